The number of benzene rings is 1. The van der Waals surface area contributed by atoms with Crippen LogP contribution in [0.5, 0.6) is 5.88 Å². The summed E-state index contributed by atoms with van der Waals surface area (Å²) in [6.07, 6.45) is 3.98. The van der Waals surface area contributed by atoms with Crippen molar-refractivity contribution < 1.29 is 4.74 Å². The lowest BCUT2D eigenvalue weighted by Gasteiger charge is -2.24. The molecule has 0 fully saturated rings. The van der Waals surface area contributed by atoms with Crippen molar-refractivity contribution in [2.75, 3.05) is 43.6 Å². The molecule has 1 heterocycles. The predicted octanol–water partition coefficient (Wildman–Crippen LogP) is 4.06. The Hall–Kier alpha value is -2.60. The van der Waals surface area contributed by atoms with Gasteiger partial charge in [0, 0.05) is 37.5 Å². The molecule has 0 saturated carbocycles. The number of aromatic nitrogens is 1. The molecule has 1 aromatic carbocycles. The first-order valence-electron chi connectivity index (χ1n) is 10.1. The third kappa shape index (κ3) is 7.19. The maximum atomic E-state index is 5.82. The van der Waals surface area contributed by atoms with Gasteiger partial charge < -0.3 is 15.0 Å². The molecule has 0 aliphatic heterocycles. The standard InChI is InChI=1S/C22H33N5O/c1-5-11-27(12-6-2)20-15-21(25-22(16-20)28-13-10-23-4)26-24-17-19-9-7-8-18(3)14-19/h7-9,14-17,23H,5-6,10-13H2,1-4H3,(H,25,26)/b24-17+. The van der Waals surface area contributed by atoms with Crippen molar-refractivity contribution in [1.29, 1.82) is 0 Å². The Kier molecular flexibility index (Phi) is 9.28. The first kappa shape index (κ1) is 21.7. The van der Waals surface area contributed by atoms with E-state index in [9.17, 15) is 0 Å². The zero-order valence-electron chi connectivity index (χ0n) is 17.5. The second-order valence-corrected chi connectivity index (χ2v) is 6.77. The molecule has 28 heavy (non-hydrogen) atoms. The number of hydrogen-bond donors (Lipinski definition) is 2. The number of rotatable bonds is 12. The van der Waals surface area contributed by atoms with Crippen LogP contribution in [0.25, 0.3) is 0 Å². The van der Waals surface area contributed by atoms with Crippen LogP contribution in [0.15, 0.2) is 41.5 Å². The molecular weight excluding hydrogens is 350 g/mol. The van der Waals surface area contributed by atoms with Gasteiger partial charge in [0.2, 0.25) is 5.88 Å². The van der Waals surface area contributed by atoms with E-state index in [1.54, 1.807) is 6.21 Å². The molecule has 0 amide bonds. The fourth-order valence-corrected chi connectivity index (χ4v) is 2.90. The summed E-state index contributed by atoms with van der Waals surface area (Å²) in [6.45, 7) is 9.80. The molecule has 1 aromatic heterocycles. The summed E-state index contributed by atoms with van der Waals surface area (Å²) in [5.74, 6) is 1.29. The van der Waals surface area contributed by atoms with E-state index in [2.05, 4.69) is 58.6 Å². The van der Waals surface area contributed by atoms with E-state index in [1.807, 2.05) is 31.3 Å². The number of hydrogen-bond acceptors (Lipinski definition) is 6. The van der Waals surface area contributed by atoms with Gasteiger partial charge >= 0.3 is 0 Å². The lowest BCUT2D eigenvalue weighted by molar-refractivity contribution is 0.307. The van der Waals surface area contributed by atoms with Crippen LogP contribution < -0.4 is 20.4 Å². The van der Waals surface area contributed by atoms with Crippen molar-refractivity contribution in [3.05, 3.63) is 47.5 Å². The van der Waals surface area contributed by atoms with Gasteiger partial charge in [-0.25, -0.2) is 0 Å². The van der Waals surface area contributed by atoms with Gasteiger partial charge in [0.05, 0.1) is 6.21 Å². The smallest absolute Gasteiger partial charge is 0.217 e. The molecule has 0 radical (unpaired) electrons. The van der Waals surface area contributed by atoms with Crippen molar-refractivity contribution in [3.8, 4) is 5.88 Å². The highest BCUT2D eigenvalue weighted by molar-refractivity contribution is 5.80. The second-order valence-electron chi connectivity index (χ2n) is 6.77. The second kappa shape index (κ2) is 12.0. The summed E-state index contributed by atoms with van der Waals surface area (Å²) in [6, 6.07) is 12.3. The molecule has 2 N–H and O–H groups in total. The SMILES string of the molecule is CCCN(CCC)c1cc(N/N=C/c2cccc(C)c2)nc(OCCNC)c1. The van der Waals surface area contributed by atoms with Crippen LogP contribution in [-0.4, -0.2) is 44.5 Å². The molecule has 2 rings (SSSR count). The van der Waals surface area contributed by atoms with Crippen molar-refractivity contribution in [2.24, 2.45) is 5.10 Å². The Morgan fingerprint density at radius 2 is 1.93 bits per heavy atom. The first-order valence-corrected chi connectivity index (χ1v) is 10.1. The van der Waals surface area contributed by atoms with E-state index in [0.717, 1.165) is 43.7 Å². The van der Waals surface area contributed by atoms with Gasteiger partial charge in [-0.1, -0.05) is 43.7 Å². The summed E-state index contributed by atoms with van der Waals surface area (Å²) in [4.78, 5) is 6.92. The normalized spacial score (nSPS) is 11.0. The topological polar surface area (TPSA) is 61.8 Å². The summed E-state index contributed by atoms with van der Waals surface area (Å²) < 4.78 is 5.82. The van der Waals surface area contributed by atoms with Gasteiger partial charge in [0.15, 0.2) is 5.82 Å². The number of nitrogens with one attached hydrogen (secondary N) is 2. The third-order valence-electron chi connectivity index (χ3n) is 4.18. The Labute approximate surface area is 169 Å². The number of ether oxygens (including phenoxy) is 1. The number of hydrazone groups is 1. The van der Waals surface area contributed by atoms with Crippen molar-refractivity contribution in [3.63, 3.8) is 0 Å². The summed E-state index contributed by atoms with van der Waals surface area (Å²) >= 11 is 0. The molecule has 6 heteroatoms. The molecule has 0 saturated heterocycles. The molecule has 0 spiro atoms. The Morgan fingerprint density at radius 1 is 1.14 bits per heavy atom. The van der Waals surface area contributed by atoms with E-state index >= 15 is 0 Å². The van der Waals surface area contributed by atoms with Crippen LogP contribution in [0.1, 0.15) is 37.8 Å². The molecule has 0 unspecified atom stereocenters. The van der Waals surface area contributed by atoms with Crippen molar-refractivity contribution in [1.82, 2.24) is 10.3 Å². The molecule has 0 atom stereocenters. The quantitative estimate of drug-likeness (QED) is 0.329. The third-order valence-corrected chi connectivity index (χ3v) is 4.18. The maximum absolute atomic E-state index is 5.82. The zero-order valence-corrected chi connectivity index (χ0v) is 17.5. The fourth-order valence-electron chi connectivity index (χ4n) is 2.90. The van der Waals surface area contributed by atoms with Crippen LogP contribution in [0, 0.1) is 6.92 Å². The highest BCUT2D eigenvalue weighted by Gasteiger charge is 2.10. The molecular formula is C22H33N5O. The molecule has 0 aliphatic rings. The summed E-state index contributed by atoms with van der Waals surface area (Å²) in [5, 5.41) is 7.44. The maximum Gasteiger partial charge on any atom is 0.217 e. The van der Waals surface area contributed by atoms with Gasteiger partial charge in [0.25, 0.3) is 0 Å². The van der Waals surface area contributed by atoms with Crippen molar-refractivity contribution in [2.45, 2.75) is 33.6 Å². The molecule has 6 nitrogen and oxygen atoms in total. The van der Waals surface area contributed by atoms with Crippen LogP contribution in [-0.2, 0) is 0 Å². The first-order chi connectivity index (χ1) is 13.7. The minimum atomic E-state index is 0.570. The average molecular weight is 384 g/mol. The van der Waals surface area contributed by atoms with E-state index in [4.69, 9.17) is 4.74 Å². The van der Waals surface area contributed by atoms with Crippen LogP contribution in [0.2, 0.25) is 0 Å². The fraction of sp³-hybridized carbons (Fsp3) is 0.455. The zero-order chi connectivity index (χ0) is 20.2. The largest absolute Gasteiger partial charge is 0.476 e. The minimum Gasteiger partial charge on any atom is -0.476 e. The molecule has 0 aliphatic carbocycles. The molecule has 152 valence electrons. The van der Waals surface area contributed by atoms with E-state index in [0.29, 0.717) is 18.3 Å². The molecule has 0 bridgehead atoms. The van der Waals surface area contributed by atoms with Crippen LogP contribution >= 0.6 is 0 Å². The number of anilines is 2. The van der Waals surface area contributed by atoms with Crippen LogP contribution in [0.3, 0.4) is 0 Å². The van der Waals surface area contributed by atoms with Crippen LogP contribution in [0.4, 0.5) is 11.5 Å². The average Bonchev–Trinajstić information content (AvgIpc) is 2.68. The monoisotopic (exact) mass is 383 g/mol. The van der Waals surface area contributed by atoms with Crippen molar-refractivity contribution >= 4 is 17.7 Å². The van der Waals surface area contributed by atoms with Gasteiger partial charge in [-0.3, -0.25) is 5.43 Å². The number of pyridine rings is 1. The van der Waals surface area contributed by atoms with Gasteiger partial charge in [-0.15, -0.1) is 0 Å². The lowest BCUT2D eigenvalue weighted by atomic mass is 10.2. The highest BCUT2D eigenvalue weighted by atomic mass is 16.5. The minimum absolute atomic E-state index is 0.570. The number of likely N-dealkylation sites (N-methyl/N-ethyl adjacent to an activating group) is 1. The van der Waals surface area contributed by atoms with Gasteiger partial charge in [0.1, 0.15) is 6.61 Å². The van der Waals surface area contributed by atoms with E-state index in [-0.39, 0.29) is 0 Å². The Morgan fingerprint density at radius 3 is 2.61 bits per heavy atom. The Balaban J connectivity index is 2.19. The molecule has 2 aromatic rings. The van der Waals surface area contributed by atoms with E-state index < -0.39 is 0 Å². The van der Waals surface area contributed by atoms with Gasteiger partial charge in [-0.2, -0.15) is 10.1 Å². The summed E-state index contributed by atoms with van der Waals surface area (Å²) in [7, 11) is 1.91. The van der Waals surface area contributed by atoms with Gasteiger partial charge in [-0.05, 0) is 32.4 Å². The van der Waals surface area contributed by atoms with E-state index in [1.165, 1.54) is 5.56 Å². The number of nitrogens with zero attached hydrogens (tertiary/aromatic N) is 3. The highest BCUT2D eigenvalue weighted by Crippen LogP contribution is 2.24. The Bertz CT molecular complexity index is 741. The number of aryl methyl sites for hydroxylation is 1. The summed E-state index contributed by atoms with van der Waals surface area (Å²) in [5.41, 5.74) is 6.42. The predicted molar refractivity (Wildman–Crippen MR) is 119 cm³/mol. The lowest BCUT2D eigenvalue weighted by Crippen LogP contribution is -2.25.